The minimum Gasteiger partial charge on any atom is -0.320 e. The first-order valence-electron chi connectivity index (χ1n) is 13.0. The number of nitrogens with one attached hydrogen (secondary N) is 1. The first-order chi connectivity index (χ1) is 18.6. The summed E-state index contributed by atoms with van der Waals surface area (Å²) in [6, 6.07) is 18.3. The number of alkyl halides is 3. The fourth-order valence-corrected chi connectivity index (χ4v) is 5.97. The van der Waals surface area contributed by atoms with Gasteiger partial charge in [-0.05, 0) is 56.5 Å². The van der Waals surface area contributed by atoms with Crippen LogP contribution >= 0.6 is 0 Å². The highest BCUT2D eigenvalue weighted by Crippen LogP contribution is 2.36. The van der Waals surface area contributed by atoms with Crippen molar-refractivity contribution in [2.24, 2.45) is 0 Å². The molecule has 216 valence electrons. The lowest BCUT2D eigenvalue weighted by Gasteiger charge is -2.30. The van der Waals surface area contributed by atoms with Crippen LogP contribution in [0.1, 0.15) is 51.7 Å². The van der Waals surface area contributed by atoms with E-state index in [0.717, 1.165) is 23.0 Å². The van der Waals surface area contributed by atoms with Crippen molar-refractivity contribution in [3.8, 4) is 11.1 Å². The van der Waals surface area contributed by atoms with Crippen LogP contribution in [0.25, 0.3) is 11.1 Å². The number of carbonyl (C=O) groups is 1. The van der Waals surface area contributed by atoms with E-state index in [2.05, 4.69) is 4.72 Å². The molecule has 0 radical (unpaired) electrons. The summed E-state index contributed by atoms with van der Waals surface area (Å²) in [5.41, 5.74) is 0.241. The van der Waals surface area contributed by atoms with Gasteiger partial charge in [0.2, 0.25) is 10.0 Å². The Balaban J connectivity index is 1.88. The van der Waals surface area contributed by atoms with E-state index >= 15 is 0 Å². The van der Waals surface area contributed by atoms with Crippen LogP contribution < -0.4 is 9.62 Å². The summed E-state index contributed by atoms with van der Waals surface area (Å²) in [7, 11) is -2.44. The summed E-state index contributed by atoms with van der Waals surface area (Å²) < 4.78 is 69.6. The number of rotatable bonds is 9. The Bertz CT molecular complexity index is 1420. The first kappa shape index (κ1) is 31.2. The van der Waals surface area contributed by atoms with Gasteiger partial charge in [0.15, 0.2) is 0 Å². The van der Waals surface area contributed by atoms with Gasteiger partial charge in [-0.15, -0.1) is 0 Å². The second-order valence-corrected chi connectivity index (χ2v) is 12.3. The Kier molecular flexibility index (Phi) is 9.68. The van der Waals surface area contributed by atoms with Gasteiger partial charge in [-0.2, -0.15) is 13.2 Å². The van der Waals surface area contributed by atoms with Crippen molar-refractivity contribution >= 4 is 21.7 Å². The van der Waals surface area contributed by atoms with E-state index in [9.17, 15) is 26.4 Å². The zero-order chi connectivity index (χ0) is 29.7. The van der Waals surface area contributed by atoms with E-state index in [1.807, 2.05) is 6.92 Å². The number of benzene rings is 3. The van der Waals surface area contributed by atoms with E-state index < -0.39 is 33.3 Å². The fraction of sp³-hybridized carbons (Fsp3) is 0.367. The van der Waals surface area contributed by atoms with Gasteiger partial charge in [0.05, 0.1) is 16.1 Å². The van der Waals surface area contributed by atoms with E-state index in [1.54, 1.807) is 69.3 Å². The van der Waals surface area contributed by atoms with E-state index in [0.29, 0.717) is 24.1 Å². The molecule has 0 unspecified atom stereocenters. The van der Waals surface area contributed by atoms with Gasteiger partial charge in [0.1, 0.15) is 0 Å². The van der Waals surface area contributed by atoms with Gasteiger partial charge in [-0.1, -0.05) is 67.9 Å². The van der Waals surface area contributed by atoms with Crippen molar-refractivity contribution in [1.82, 2.24) is 9.62 Å². The third-order valence-corrected chi connectivity index (χ3v) is 7.98. The molecule has 3 aromatic carbocycles. The van der Waals surface area contributed by atoms with Crippen LogP contribution in [0.2, 0.25) is 0 Å². The Morgan fingerprint density at radius 3 is 2.10 bits per heavy atom. The zero-order valence-corrected chi connectivity index (χ0v) is 24.2. The Morgan fingerprint density at radius 2 is 1.50 bits per heavy atom. The molecule has 40 heavy (non-hydrogen) atoms. The molecule has 3 aromatic rings. The fourth-order valence-electron chi connectivity index (χ4n) is 4.32. The van der Waals surface area contributed by atoms with Crippen LogP contribution in [-0.4, -0.2) is 38.5 Å². The highest BCUT2D eigenvalue weighted by molar-refractivity contribution is 7.89. The summed E-state index contributed by atoms with van der Waals surface area (Å²) in [5, 5.41) is 0. The van der Waals surface area contributed by atoms with Crippen molar-refractivity contribution in [3.63, 3.8) is 0 Å². The number of anilines is 1. The predicted octanol–water partition coefficient (Wildman–Crippen LogP) is 7.31. The third kappa shape index (κ3) is 7.85. The monoisotopic (exact) mass is 575 g/mol. The summed E-state index contributed by atoms with van der Waals surface area (Å²) in [6.07, 6.45) is -3.11. The minimum atomic E-state index is -4.60. The van der Waals surface area contributed by atoms with Gasteiger partial charge in [0.25, 0.3) is 0 Å². The third-order valence-electron chi connectivity index (χ3n) is 6.17. The van der Waals surface area contributed by atoms with Crippen molar-refractivity contribution < 1.29 is 26.4 Å². The number of hydrogen-bond acceptors (Lipinski definition) is 3. The number of sulfonamides is 1. The largest absolute Gasteiger partial charge is 0.418 e. The second kappa shape index (κ2) is 12.4. The lowest BCUT2D eigenvalue weighted by atomic mass is 10.0. The van der Waals surface area contributed by atoms with E-state index in [-0.39, 0.29) is 17.1 Å². The van der Waals surface area contributed by atoms with Crippen molar-refractivity contribution in [2.75, 3.05) is 18.5 Å². The lowest BCUT2D eigenvalue weighted by Crippen LogP contribution is -2.42. The summed E-state index contributed by atoms with van der Waals surface area (Å²) >= 11 is 0. The van der Waals surface area contributed by atoms with Crippen LogP contribution in [0.4, 0.5) is 23.7 Å². The molecule has 10 heteroatoms. The number of carbonyl (C=O) groups excluding carboxylic acids is 1. The molecule has 0 aliphatic carbocycles. The van der Waals surface area contributed by atoms with Gasteiger partial charge in [-0.25, -0.2) is 17.9 Å². The highest BCUT2D eigenvalue weighted by Gasteiger charge is 2.35. The van der Waals surface area contributed by atoms with Gasteiger partial charge in [-0.3, -0.25) is 4.90 Å². The van der Waals surface area contributed by atoms with E-state index in [1.165, 1.54) is 30.1 Å². The average molecular weight is 576 g/mol. The van der Waals surface area contributed by atoms with Crippen molar-refractivity contribution in [3.05, 3.63) is 83.9 Å². The SMILES string of the molecule is CCCCN(Cc1ccc(-c2ccccc2S(=O)(=O)NC(C)(C)C)cc1)C(=O)N(C)c1ccccc1C(F)(F)F. The molecule has 0 heterocycles. The number of unbranched alkanes of at least 4 members (excludes halogenated alkanes) is 1. The smallest absolute Gasteiger partial charge is 0.320 e. The molecule has 2 amide bonds. The maximum Gasteiger partial charge on any atom is 0.418 e. The molecule has 0 aromatic heterocycles. The maximum atomic E-state index is 13.6. The van der Waals surface area contributed by atoms with Crippen LogP contribution in [0.3, 0.4) is 0 Å². The molecule has 1 N–H and O–H groups in total. The average Bonchev–Trinajstić information content (AvgIpc) is 2.89. The van der Waals surface area contributed by atoms with Gasteiger partial charge in [0, 0.05) is 31.2 Å². The van der Waals surface area contributed by atoms with Crippen LogP contribution in [0.15, 0.2) is 77.7 Å². The van der Waals surface area contributed by atoms with Gasteiger partial charge >= 0.3 is 12.2 Å². The van der Waals surface area contributed by atoms with Crippen molar-refractivity contribution in [2.45, 2.75) is 63.7 Å². The van der Waals surface area contributed by atoms with Crippen LogP contribution in [-0.2, 0) is 22.7 Å². The minimum absolute atomic E-state index is 0.155. The number of amides is 2. The predicted molar refractivity (Wildman–Crippen MR) is 153 cm³/mol. The first-order valence-corrected chi connectivity index (χ1v) is 14.5. The van der Waals surface area contributed by atoms with Gasteiger partial charge < -0.3 is 4.90 Å². The topological polar surface area (TPSA) is 69.7 Å². The zero-order valence-electron chi connectivity index (χ0n) is 23.4. The molecule has 0 atom stereocenters. The quantitative estimate of drug-likeness (QED) is 0.291. The van der Waals surface area contributed by atoms with Crippen LogP contribution in [0, 0.1) is 0 Å². The summed E-state index contributed by atoms with van der Waals surface area (Å²) in [4.78, 5) is 16.1. The standard InChI is InChI=1S/C30H36F3N3O3S/c1-6-7-20-36(28(37)35(5)26-14-10-9-13-25(26)30(31,32)33)21-22-16-18-23(19-17-22)24-12-8-11-15-27(24)40(38,39)34-29(2,3)4/h8-19,34H,6-7,20-21H2,1-5H3. The Hall–Kier alpha value is -3.37. The molecule has 0 aliphatic rings. The number of nitrogens with zero attached hydrogens (tertiary/aromatic N) is 2. The number of hydrogen-bond donors (Lipinski definition) is 1. The molecule has 0 saturated heterocycles. The van der Waals surface area contributed by atoms with Crippen molar-refractivity contribution in [1.29, 1.82) is 0 Å². The number of halogens is 3. The lowest BCUT2D eigenvalue weighted by molar-refractivity contribution is -0.137. The number of urea groups is 1. The number of para-hydroxylation sites is 1. The highest BCUT2D eigenvalue weighted by atomic mass is 32.2. The molecular weight excluding hydrogens is 539 g/mol. The second-order valence-electron chi connectivity index (χ2n) is 10.7. The van der Waals surface area contributed by atoms with Crippen LogP contribution in [0.5, 0.6) is 0 Å². The maximum absolute atomic E-state index is 13.6. The normalized spacial score (nSPS) is 12.3. The summed E-state index contributed by atoms with van der Waals surface area (Å²) in [6.45, 7) is 7.84. The molecule has 6 nitrogen and oxygen atoms in total. The summed E-state index contributed by atoms with van der Waals surface area (Å²) in [5.74, 6) is 0. The molecular formula is C30H36F3N3O3S. The van der Waals surface area contributed by atoms with E-state index in [4.69, 9.17) is 0 Å². The Labute approximate surface area is 234 Å². The molecule has 0 saturated carbocycles. The molecule has 0 bridgehead atoms. The molecule has 0 aliphatic heterocycles. The Morgan fingerprint density at radius 1 is 0.900 bits per heavy atom. The molecule has 0 spiro atoms. The molecule has 3 rings (SSSR count). The molecule has 0 fully saturated rings.